The van der Waals surface area contributed by atoms with E-state index in [0.717, 1.165) is 17.4 Å². The Morgan fingerprint density at radius 3 is 2.29 bits per heavy atom. The molecule has 3 aromatic rings. The fourth-order valence-corrected chi connectivity index (χ4v) is 6.45. The number of carbonyl (C=O) groups excluding carboxylic acids is 2. The Labute approximate surface area is 239 Å². The number of hydrogen-bond acceptors (Lipinski definition) is 5. The quantitative estimate of drug-likeness (QED) is 0.270. The molecule has 1 unspecified atom stereocenters. The van der Waals surface area contributed by atoms with E-state index in [2.05, 4.69) is 18.9 Å². The molecule has 0 radical (unpaired) electrons. The molecule has 0 aliphatic carbocycles. The van der Waals surface area contributed by atoms with E-state index < -0.39 is 23.3 Å². The maximum Gasteiger partial charge on any atom is 0.338 e. The number of ether oxygens (including phenoxy) is 2. The van der Waals surface area contributed by atoms with Crippen molar-refractivity contribution in [3.63, 3.8) is 0 Å². The zero-order valence-corrected chi connectivity index (χ0v) is 24.0. The zero-order valence-electron chi connectivity index (χ0n) is 24.0. The van der Waals surface area contributed by atoms with Crippen molar-refractivity contribution in [3.8, 4) is 5.75 Å². The number of carbonyl (C=O) groups is 2. The Bertz CT molecular complexity index is 1450. The topological polar surface area (TPSA) is 59.1 Å². The molecule has 3 aromatic carbocycles. The third-order valence-electron chi connectivity index (χ3n) is 8.82. The summed E-state index contributed by atoms with van der Waals surface area (Å²) < 4.78 is 38.5. The van der Waals surface area contributed by atoms with Gasteiger partial charge in [-0.05, 0) is 67.9 Å². The Balaban J connectivity index is 1.58. The minimum atomic E-state index is -0.862. The molecule has 2 aliphatic rings. The molecule has 0 aromatic heterocycles. The number of fused-ring (bicyclic) bond motifs is 1. The molecule has 0 bridgehead atoms. The first-order valence-corrected chi connectivity index (χ1v) is 14.0. The summed E-state index contributed by atoms with van der Waals surface area (Å²) in [5, 5.41) is 0. The van der Waals surface area contributed by atoms with Crippen molar-refractivity contribution in [2.75, 3.05) is 45.3 Å². The van der Waals surface area contributed by atoms with Gasteiger partial charge in [-0.2, -0.15) is 0 Å². The minimum Gasteiger partial charge on any atom is -0.497 e. The molecule has 2 heterocycles. The third-order valence-corrected chi connectivity index (χ3v) is 8.82. The maximum absolute atomic E-state index is 14.4. The third kappa shape index (κ3) is 4.87. The molecule has 1 amide bonds. The second kappa shape index (κ2) is 11.2. The lowest BCUT2D eigenvalue weighted by Crippen LogP contribution is -2.77. The average molecular weight is 565 g/mol. The molecule has 1 spiro atoms. The van der Waals surface area contributed by atoms with Gasteiger partial charge in [0.15, 0.2) is 17.3 Å². The van der Waals surface area contributed by atoms with E-state index in [9.17, 15) is 18.4 Å². The first-order chi connectivity index (χ1) is 19.7. The van der Waals surface area contributed by atoms with Crippen molar-refractivity contribution in [2.45, 2.75) is 38.9 Å². The van der Waals surface area contributed by atoms with Crippen LogP contribution in [0.3, 0.4) is 0 Å². The van der Waals surface area contributed by atoms with E-state index >= 15 is 0 Å². The average Bonchev–Trinajstić information content (AvgIpc) is 2.99. The summed E-state index contributed by atoms with van der Waals surface area (Å²) in [6.07, 6.45) is 1.25. The Morgan fingerprint density at radius 1 is 0.976 bits per heavy atom. The largest absolute Gasteiger partial charge is 0.497 e. The van der Waals surface area contributed by atoms with Crippen molar-refractivity contribution in [1.82, 2.24) is 9.38 Å². The van der Waals surface area contributed by atoms with Gasteiger partial charge in [0, 0.05) is 38.5 Å². The number of methoxy groups -OCH3 is 1. The highest BCUT2D eigenvalue weighted by Gasteiger charge is 2.61. The summed E-state index contributed by atoms with van der Waals surface area (Å²) in [6, 6.07) is 16.7. The molecule has 0 saturated carbocycles. The Hall–Kier alpha value is -3.82. The number of rotatable bonds is 7. The first kappa shape index (κ1) is 28.7. The fraction of sp³-hybridized carbons (Fsp3) is 0.375. The molecular weight excluding hydrogens is 528 g/mol. The van der Waals surface area contributed by atoms with Crippen LogP contribution in [0.5, 0.6) is 5.75 Å². The number of anilines is 1. The summed E-state index contributed by atoms with van der Waals surface area (Å²) in [7, 11) is 3.73. The number of likely N-dealkylation sites (tertiary alicyclic amines) is 1. The molecule has 0 N–H and O–H groups in total. The Kier molecular flexibility index (Phi) is 7.85. The van der Waals surface area contributed by atoms with Gasteiger partial charge in [-0.1, -0.05) is 6.07 Å². The number of nitrogens with zero attached hydrogens (tertiary/aromatic N) is 3. The van der Waals surface area contributed by atoms with Gasteiger partial charge in [0.05, 0.1) is 38.6 Å². The highest BCUT2D eigenvalue weighted by atomic mass is 19.2. The van der Waals surface area contributed by atoms with Crippen LogP contribution in [0.4, 0.5) is 20.2 Å². The molecule has 5 rings (SSSR count). The van der Waals surface area contributed by atoms with Gasteiger partial charge >= 0.3 is 5.97 Å². The van der Waals surface area contributed by atoms with Gasteiger partial charge in [-0.3, -0.25) is 19.1 Å². The monoisotopic (exact) mass is 564 g/mol. The van der Waals surface area contributed by atoms with Crippen LogP contribution < -0.4 is 14.1 Å². The number of hydrogen-bond donors (Lipinski definition) is 0. The fourth-order valence-electron chi connectivity index (χ4n) is 6.45. The number of halogens is 2. The Morgan fingerprint density at radius 2 is 1.68 bits per heavy atom. The van der Waals surface area contributed by atoms with Gasteiger partial charge < -0.3 is 9.47 Å². The van der Waals surface area contributed by atoms with E-state index in [4.69, 9.17) is 9.47 Å². The summed E-state index contributed by atoms with van der Waals surface area (Å²) in [4.78, 5) is 31.2. The lowest BCUT2D eigenvalue weighted by atomic mass is 9.84. The van der Waals surface area contributed by atoms with Crippen LogP contribution in [-0.2, 0) is 11.3 Å². The van der Waals surface area contributed by atoms with Crippen molar-refractivity contribution in [3.05, 3.63) is 89.0 Å². The highest BCUT2D eigenvalue weighted by molar-refractivity contribution is 6.13. The van der Waals surface area contributed by atoms with Crippen molar-refractivity contribution >= 4 is 23.3 Å². The molecule has 9 heteroatoms. The van der Waals surface area contributed by atoms with Crippen LogP contribution >= 0.6 is 0 Å². The normalized spacial score (nSPS) is 20.1. The number of esters is 1. The second-order valence-electron chi connectivity index (χ2n) is 10.8. The standard InChI is InChI=1S/C32H36F2N3O4/c1-5-37(3)29-20-23(31(39)41-6-2)8-13-26(29)30(38)36(24-9-11-25(40-4)12-10-24)32(37)15-17-35(18-16-32)21-22-7-14-27(33)28(34)19-22/h7-14,19-20H,5-6,15-18,21H2,1-4H3/q+1. The molecule has 41 heavy (non-hydrogen) atoms. The van der Waals surface area contributed by atoms with E-state index in [1.807, 2.05) is 35.2 Å². The van der Waals surface area contributed by atoms with Gasteiger partial charge in [0.1, 0.15) is 17.0 Å². The summed E-state index contributed by atoms with van der Waals surface area (Å²) in [6.45, 7) is 6.54. The molecule has 1 atom stereocenters. The van der Waals surface area contributed by atoms with Crippen LogP contribution in [0.25, 0.3) is 0 Å². The predicted molar refractivity (Wildman–Crippen MR) is 154 cm³/mol. The van der Waals surface area contributed by atoms with Crippen LogP contribution in [0, 0.1) is 11.6 Å². The van der Waals surface area contributed by atoms with Crippen LogP contribution in [0.1, 0.15) is 53.0 Å². The summed E-state index contributed by atoms with van der Waals surface area (Å²) in [5.41, 5.74) is 2.56. The van der Waals surface area contributed by atoms with Crippen molar-refractivity contribution in [2.24, 2.45) is 0 Å². The molecule has 7 nitrogen and oxygen atoms in total. The summed E-state index contributed by atoms with van der Waals surface area (Å²) >= 11 is 0. The predicted octanol–water partition coefficient (Wildman–Crippen LogP) is 5.76. The lowest BCUT2D eigenvalue weighted by Gasteiger charge is -2.60. The smallest absolute Gasteiger partial charge is 0.338 e. The van der Waals surface area contributed by atoms with Crippen LogP contribution in [0.2, 0.25) is 0 Å². The molecule has 216 valence electrons. The molecule has 2 aliphatic heterocycles. The number of quaternary nitrogens is 1. The van der Waals surface area contributed by atoms with Crippen molar-refractivity contribution < 1.29 is 27.8 Å². The molecule has 1 fully saturated rings. The first-order valence-electron chi connectivity index (χ1n) is 14.0. The highest BCUT2D eigenvalue weighted by Crippen LogP contribution is 2.49. The SMILES string of the molecule is CCOC(=O)c1ccc2c(c1)[N+](C)(CC)C1(CCN(Cc3ccc(F)c(F)c3)CC1)N(c1ccc(OC)cc1)C2=O. The number of piperidine rings is 1. The summed E-state index contributed by atoms with van der Waals surface area (Å²) in [5.74, 6) is -1.57. The van der Waals surface area contributed by atoms with Gasteiger partial charge in [-0.15, -0.1) is 0 Å². The van der Waals surface area contributed by atoms with Crippen LogP contribution in [0.15, 0.2) is 60.7 Å². The van der Waals surface area contributed by atoms with Crippen LogP contribution in [-0.4, -0.2) is 62.8 Å². The lowest BCUT2D eigenvalue weighted by molar-refractivity contribution is 0.0300. The van der Waals surface area contributed by atoms with E-state index in [-0.39, 0.29) is 12.5 Å². The van der Waals surface area contributed by atoms with Gasteiger partial charge in [-0.25, -0.2) is 13.6 Å². The molecular formula is C32H36F2N3O4+. The maximum atomic E-state index is 14.4. The van der Waals surface area contributed by atoms with Gasteiger partial charge in [0.25, 0.3) is 5.91 Å². The van der Waals surface area contributed by atoms with E-state index in [0.29, 0.717) is 65.9 Å². The number of benzene rings is 3. The zero-order chi connectivity index (χ0) is 29.4. The second-order valence-corrected chi connectivity index (χ2v) is 10.8. The van der Waals surface area contributed by atoms with Crippen molar-refractivity contribution in [1.29, 1.82) is 0 Å². The number of amides is 1. The molecule has 1 saturated heterocycles. The van der Waals surface area contributed by atoms with Gasteiger partial charge in [0.2, 0.25) is 0 Å². The van der Waals surface area contributed by atoms with E-state index in [1.54, 1.807) is 32.2 Å². The minimum absolute atomic E-state index is 0.126. The van der Waals surface area contributed by atoms with E-state index in [1.165, 1.54) is 6.07 Å².